The first-order valence-electron chi connectivity index (χ1n) is 7.12. The lowest BCUT2D eigenvalue weighted by molar-refractivity contribution is 0.581. The van der Waals surface area contributed by atoms with Gasteiger partial charge in [-0.2, -0.15) is 10.2 Å². The molecule has 21 heavy (non-hydrogen) atoms. The van der Waals surface area contributed by atoms with Crippen molar-refractivity contribution in [1.82, 2.24) is 24.9 Å². The Kier molecular flexibility index (Phi) is 3.83. The highest BCUT2D eigenvalue weighted by molar-refractivity contribution is 5.31. The third kappa shape index (κ3) is 2.87. The number of nitrogens with zero attached hydrogens (tertiary/aromatic N) is 4. The minimum atomic E-state index is 0.0150. The quantitative estimate of drug-likeness (QED) is 0.780. The maximum absolute atomic E-state index is 4.69. The Hall–Kier alpha value is -2.40. The van der Waals surface area contributed by atoms with E-state index in [0.29, 0.717) is 0 Å². The number of hydrogen-bond donors (Lipinski definition) is 1. The van der Waals surface area contributed by atoms with Gasteiger partial charge in [0.05, 0.1) is 23.1 Å². The summed E-state index contributed by atoms with van der Waals surface area (Å²) in [6, 6.07) is 14.2. The van der Waals surface area contributed by atoms with Crippen LogP contribution in [0.4, 0.5) is 0 Å². The van der Waals surface area contributed by atoms with E-state index in [2.05, 4.69) is 22.4 Å². The second-order valence-electron chi connectivity index (χ2n) is 4.93. The van der Waals surface area contributed by atoms with Crippen molar-refractivity contribution in [3.05, 3.63) is 66.2 Å². The molecule has 3 rings (SSSR count). The molecular weight excluding hydrogens is 262 g/mol. The normalized spacial score (nSPS) is 12.5. The van der Waals surface area contributed by atoms with Gasteiger partial charge < -0.3 is 5.32 Å². The van der Waals surface area contributed by atoms with E-state index in [0.717, 1.165) is 23.6 Å². The first-order valence-corrected chi connectivity index (χ1v) is 7.12. The molecule has 0 fully saturated rings. The molecule has 0 aliphatic rings. The van der Waals surface area contributed by atoms with Crippen LogP contribution in [0.5, 0.6) is 0 Å². The van der Waals surface area contributed by atoms with E-state index in [9.17, 15) is 0 Å². The fourth-order valence-corrected chi connectivity index (χ4v) is 2.37. The molecule has 0 aliphatic heterocycles. The third-order valence-electron chi connectivity index (χ3n) is 3.36. The first kappa shape index (κ1) is 13.6. The minimum absolute atomic E-state index is 0.0150. The maximum Gasteiger partial charge on any atom is 0.0962 e. The molecule has 1 N–H and O–H groups in total. The highest BCUT2D eigenvalue weighted by Crippen LogP contribution is 2.19. The van der Waals surface area contributed by atoms with Gasteiger partial charge in [0, 0.05) is 19.4 Å². The van der Waals surface area contributed by atoms with Crippen LogP contribution in [0.25, 0.3) is 5.69 Å². The Morgan fingerprint density at radius 1 is 1.00 bits per heavy atom. The van der Waals surface area contributed by atoms with Crippen molar-refractivity contribution in [1.29, 1.82) is 0 Å². The van der Waals surface area contributed by atoms with Crippen LogP contribution in [-0.2, 0) is 7.05 Å². The highest BCUT2D eigenvalue weighted by Gasteiger charge is 2.18. The van der Waals surface area contributed by atoms with Gasteiger partial charge in [0.2, 0.25) is 0 Å². The van der Waals surface area contributed by atoms with E-state index in [1.807, 2.05) is 71.3 Å². The summed E-state index contributed by atoms with van der Waals surface area (Å²) >= 11 is 0. The van der Waals surface area contributed by atoms with Gasteiger partial charge in [-0.05, 0) is 30.8 Å². The number of aromatic nitrogens is 4. The molecule has 0 saturated heterocycles. The van der Waals surface area contributed by atoms with Crippen LogP contribution >= 0.6 is 0 Å². The molecule has 5 nitrogen and oxygen atoms in total. The molecule has 108 valence electrons. The van der Waals surface area contributed by atoms with Crippen molar-refractivity contribution >= 4 is 0 Å². The number of benzene rings is 1. The second kappa shape index (κ2) is 5.93. The lowest BCUT2D eigenvalue weighted by atomic mass is 10.1. The third-order valence-corrected chi connectivity index (χ3v) is 3.36. The van der Waals surface area contributed by atoms with E-state index in [-0.39, 0.29) is 6.04 Å². The van der Waals surface area contributed by atoms with Crippen LogP contribution in [0.15, 0.2) is 54.9 Å². The zero-order chi connectivity index (χ0) is 14.7. The van der Waals surface area contributed by atoms with Crippen molar-refractivity contribution in [3.8, 4) is 5.69 Å². The average molecular weight is 281 g/mol. The largest absolute Gasteiger partial charge is 0.304 e. The number of rotatable bonds is 5. The Balaban J connectivity index is 1.92. The Morgan fingerprint density at radius 2 is 1.71 bits per heavy atom. The van der Waals surface area contributed by atoms with Crippen LogP contribution < -0.4 is 5.32 Å². The Morgan fingerprint density at radius 3 is 2.38 bits per heavy atom. The molecule has 5 heteroatoms. The van der Waals surface area contributed by atoms with Crippen LogP contribution in [0, 0.1) is 0 Å². The van der Waals surface area contributed by atoms with Crippen molar-refractivity contribution in [2.45, 2.75) is 13.0 Å². The molecule has 1 unspecified atom stereocenters. The molecule has 1 aromatic carbocycles. The topological polar surface area (TPSA) is 47.7 Å². The number of nitrogens with one attached hydrogen (secondary N) is 1. The smallest absolute Gasteiger partial charge is 0.0962 e. The van der Waals surface area contributed by atoms with Gasteiger partial charge in [0.25, 0.3) is 0 Å². The predicted molar refractivity (Wildman–Crippen MR) is 82.3 cm³/mol. The molecular formula is C16H19N5. The summed E-state index contributed by atoms with van der Waals surface area (Å²) in [5, 5.41) is 12.6. The van der Waals surface area contributed by atoms with Gasteiger partial charge in [-0.25, -0.2) is 4.68 Å². The Bertz CT molecular complexity index is 698. The first-order chi connectivity index (χ1) is 10.3. The Labute approximate surface area is 124 Å². The van der Waals surface area contributed by atoms with E-state index in [4.69, 9.17) is 0 Å². The summed E-state index contributed by atoms with van der Waals surface area (Å²) in [4.78, 5) is 0. The molecule has 1 atom stereocenters. The van der Waals surface area contributed by atoms with Gasteiger partial charge in [-0.3, -0.25) is 4.68 Å². The van der Waals surface area contributed by atoms with Gasteiger partial charge in [-0.1, -0.05) is 25.1 Å². The molecule has 0 spiro atoms. The molecule has 3 aromatic rings. The van der Waals surface area contributed by atoms with Crippen LogP contribution in [-0.4, -0.2) is 26.1 Å². The van der Waals surface area contributed by atoms with Gasteiger partial charge in [-0.15, -0.1) is 0 Å². The molecule has 0 amide bonds. The van der Waals surface area contributed by atoms with E-state index < -0.39 is 0 Å². The van der Waals surface area contributed by atoms with Crippen LogP contribution in [0.1, 0.15) is 24.4 Å². The molecule has 0 saturated carbocycles. The second-order valence-corrected chi connectivity index (χ2v) is 4.93. The summed E-state index contributed by atoms with van der Waals surface area (Å²) in [6.45, 7) is 2.95. The fourth-order valence-electron chi connectivity index (χ4n) is 2.37. The minimum Gasteiger partial charge on any atom is -0.304 e. The fraction of sp³-hybridized carbons (Fsp3) is 0.250. The molecule has 0 radical (unpaired) electrons. The summed E-state index contributed by atoms with van der Waals surface area (Å²) in [5.41, 5.74) is 3.01. The van der Waals surface area contributed by atoms with Crippen molar-refractivity contribution < 1.29 is 0 Å². The molecule has 2 heterocycles. The zero-order valence-electron chi connectivity index (χ0n) is 12.3. The van der Waals surface area contributed by atoms with Gasteiger partial charge in [0.1, 0.15) is 0 Å². The van der Waals surface area contributed by atoms with Crippen LogP contribution in [0.3, 0.4) is 0 Å². The monoisotopic (exact) mass is 281 g/mol. The summed E-state index contributed by atoms with van der Waals surface area (Å²) in [7, 11) is 1.93. The van der Waals surface area contributed by atoms with E-state index in [1.165, 1.54) is 0 Å². The van der Waals surface area contributed by atoms with E-state index in [1.54, 1.807) is 0 Å². The van der Waals surface area contributed by atoms with Crippen molar-refractivity contribution in [2.24, 2.45) is 7.05 Å². The van der Waals surface area contributed by atoms with Gasteiger partial charge in [0.15, 0.2) is 0 Å². The molecule has 0 bridgehead atoms. The lowest BCUT2D eigenvalue weighted by Gasteiger charge is -2.13. The maximum atomic E-state index is 4.69. The number of para-hydroxylation sites is 1. The highest BCUT2D eigenvalue weighted by atomic mass is 15.3. The van der Waals surface area contributed by atoms with Crippen molar-refractivity contribution in [3.63, 3.8) is 0 Å². The van der Waals surface area contributed by atoms with Gasteiger partial charge >= 0.3 is 0 Å². The summed E-state index contributed by atoms with van der Waals surface area (Å²) in [6.07, 6.45) is 3.94. The average Bonchev–Trinajstić information content (AvgIpc) is 3.15. The van der Waals surface area contributed by atoms with Crippen molar-refractivity contribution in [2.75, 3.05) is 6.54 Å². The molecule has 2 aromatic heterocycles. The number of hydrogen-bond acceptors (Lipinski definition) is 3. The number of aryl methyl sites for hydroxylation is 1. The SMILES string of the molecule is CCNC(c1ccn(C)n1)c1ccn(-c2ccccc2)n1. The van der Waals surface area contributed by atoms with Crippen LogP contribution in [0.2, 0.25) is 0 Å². The molecule has 0 aliphatic carbocycles. The zero-order valence-corrected chi connectivity index (χ0v) is 12.3. The summed E-state index contributed by atoms with van der Waals surface area (Å²) in [5.74, 6) is 0. The van der Waals surface area contributed by atoms with E-state index >= 15 is 0 Å². The predicted octanol–water partition coefficient (Wildman–Crippen LogP) is 2.30. The summed E-state index contributed by atoms with van der Waals surface area (Å²) < 4.78 is 3.70. The standard InChI is InChI=1S/C16H19N5/c1-3-17-16(14-9-11-20(2)18-14)15-10-12-21(19-15)13-7-5-4-6-8-13/h4-12,16-17H,3H2,1-2H3. The lowest BCUT2D eigenvalue weighted by Crippen LogP contribution is -2.23.